The van der Waals surface area contributed by atoms with Gasteiger partial charge in [-0.1, -0.05) is 38.1 Å². The second-order valence-electron chi connectivity index (χ2n) is 6.23. The molecule has 134 valence electrons. The molecule has 2 aromatic carbocycles. The van der Waals surface area contributed by atoms with Crippen LogP contribution >= 0.6 is 0 Å². The van der Waals surface area contributed by atoms with E-state index in [0.29, 0.717) is 17.0 Å². The van der Waals surface area contributed by atoms with Gasteiger partial charge in [-0.3, -0.25) is 0 Å². The van der Waals surface area contributed by atoms with E-state index in [9.17, 15) is 18.0 Å². The molecule has 0 atom stereocenters. The summed E-state index contributed by atoms with van der Waals surface area (Å²) in [5.74, 6) is -0.0662. The number of rotatable bonds is 3. The first-order chi connectivity index (χ1) is 12.2. The third-order valence-electron chi connectivity index (χ3n) is 3.99. The summed E-state index contributed by atoms with van der Waals surface area (Å²) in [6.07, 6.45) is -3.00. The molecule has 1 aliphatic heterocycles. The second kappa shape index (κ2) is 6.78. The number of benzene rings is 2. The molecule has 3 rings (SSSR count). The first kappa shape index (κ1) is 17.9. The molecule has 0 saturated carbocycles. The van der Waals surface area contributed by atoms with Gasteiger partial charge in [-0.25, -0.2) is 9.79 Å². The van der Waals surface area contributed by atoms with E-state index in [1.165, 1.54) is 18.2 Å². The van der Waals surface area contributed by atoms with E-state index in [0.717, 1.165) is 17.7 Å². The minimum atomic E-state index is -4.40. The Labute approximate surface area is 148 Å². The van der Waals surface area contributed by atoms with Crippen molar-refractivity contribution >= 4 is 17.9 Å². The molecular weight excluding hydrogens is 343 g/mol. The van der Waals surface area contributed by atoms with E-state index in [1.54, 1.807) is 0 Å². The molecule has 0 fully saturated rings. The fourth-order valence-electron chi connectivity index (χ4n) is 2.47. The van der Waals surface area contributed by atoms with Crippen molar-refractivity contribution in [3.05, 3.63) is 76.5 Å². The molecule has 0 amide bonds. The summed E-state index contributed by atoms with van der Waals surface area (Å²) in [6.45, 7) is 4.15. The van der Waals surface area contributed by atoms with Gasteiger partial charge in [0.2, 0.25) is 5.90 Å². The number of esters is 1. The van der Waals surface area contributed by atoms with Gasteiger partial charge in [-0.15, -0.1) is 0 Å². The van der Waals surface area contributed by atoms with Crippen LogP contribution in [-0.2, 0) is 15.7 Å². The van der Waals surface area contributed by atoms with Crippen LogP contribution < -0.4 is 0 Å². The minimum Gasteiger partial charge on any atom is -0.402 e. The van der Waals surface area contributed by atoms with Crippen LogP contribution in [0.4, 0.5) is 13.2 Å². The Morgan fingerprint density at radius 2 is 1.62 bits per heavy atom. The summed E-state index contributed by atoms with van der Waals surface area (Å²) < 4.78 is 43.0. The van der Waals surface area contributed by atoms with E-state index in [1.807, 2.05) is 24.3 Å². The van der Waals surface area contributed by atoms with E-state index in [2.05, 4.69) is 18.8 Å². The molecule has 0 bridgehead atoms. The fraction of sp³-hybridized carbons (Fsp3) is 0.200. The van der Waals surface area contributed by atoms with Crippen molar-refractivity contribution in [1.82, 2.24) is 0 Å². The van der Waals surface area contributed by atoms with Gasteiger partial charge >= 0.3 is 12.1 Å². The monoisotopic (exact) mass is 359 g/mol. The molecule has 3 nitrogen and oxygen atoms in total. The second-order valence-corrected chi connectivity index (χ2v) is 6.23. The summed E-state index contributed by atoms with van der Waals surface area (Å²) in [6, 6.07) is 12.0. The number of hydrogen-bond acceptors (Lipinski definition) is 3. The predicted octanol–water partition coefficient (Wildman–Crippen LogP) is 5.17. The van der Waals surface area contributed by atoms with Crippen LogP contribution in [0.2, 0.25) is 0 Å². The van der Waals surface area contributed by atoms with Gasteiger partial charge in [-0.05, 0) is 47.4 Å². The predicted molar refractivity (Wildman–Crippen MR) is 92.6 cm³/mol. The van der Waals surface area contributed by atoms with Gasteiger partial charge in [0.1, 0.15) is 0 Å². The lowest BCUT2D eigenvalue weighted by Gasteiger charge is -2.05. The number of hydrogen-bond donors (Lipinski definition) is 0. The van der Waals surface area contributed by atoms with Crippen molar-refractivity contribution in [2.75, 3.05) is 0 Å². The molecule has 0 radical (unpaired) electrons. The normalized spacial score (nSPS) is 16.2. The van der Waals surface area contributed by atoms with E-state index in [-0.39, 0.29) is 11.6 Å². The molecular formula is C20H16F3NO2. The Morgan fingerprint density at radius 1 is 1.00 bits per heavy atom. The van der Waals surface area contributed by atoms with Crippen molar-refractivity contribution in [3.8, 4) is 0 Å². The first-order valence-electron chi connectivity index (χ1n) is 8.04. The van der Waals surface area contributed by atoms with Crippen molar-refractivity contribution in [2.45, 2.75) is 25.9 Å². The summed E-state index contributed by atoms with van der Waals surface area (Å²) in [5.41, 5.74) is 1.55. The summed E-state index contributed by atoms with van der Waals surface area (Å²) in [7, 11) is 0. The fourth-order valence-corrected chi connectivity index (χ4v) is 2.47. The van der Waals surface area contributed by atoms with Crippen LogP contribution in [0, 0.1) is 0 Å². The molecule has 0 aliphatic carbocycles. The van der Waals surface area contributed by atoms with Crippen molar-refractivity contribution in [2.24, 2.45) is 4.99 Å². The Bertz CT molecular complexity index is 877. The molecule has 1 heterocycles. The molecule has 0 unspecified atom stereocenters. The standard InChI is InChI=1S/C20H16F3NO2/c1-12(2)14-5-7-15(8-6-14)18-24-17(19(25)26-18)11-13-3-9-16(10-4-13)20(21,22)23/h3-12H,1-2H3/b17-11-. The van der Waals surface area contributed by atoms with Gasteiger partial charge in [0, 0.05) is 5.56 Å². The lowest BCUT2D eigenvalue weighted by molar-refractivity contribution is -0.137. The maximum atomic E-state index is 12.6. The average molecular weight is 359 g/mol. The molecule has 1 aliphatic rings. The third kappa shape index (κ3) is 3.85. The lowest BCUT2D eigenvalue weighted by atomic mass is 10.0. The van der Waals surface area contributed by atoms with Crippen molar-refractivity contribution in [1.29, 1.82) is 0 Å². The van der Waals surface area contributed by atoms with E-state index < -0.39 is 17.7 Å². The third-order valence-corrected chi connectivity index (χ3v) is 3.99. The highest BCUT2D eigenvalue weighted by atomic mass is 19.4. The maximum absolute atomic E-state index is 12.6. The lowest BCUT2D eigenvalue weighted by Crippen LogP contribution is -2.05. The molecule has 26 heavy (non-hydrogen) atoms. The highest BCUT2D eigenvalue weighted by Gasteiger charge is 2.30. The summed E-state index contributed by atoms with van der Waals surface area (Å²) >= 11 is 0. The van der Waals surface area contributed by atoms with Crippen LogP contribution in [0.15, 0.2) is 59.2 Å². The molecule has 6 heteroatoms. The van der Waals surface area contributed by atoms with E-state index >= 15 is 0 Å². The molecule has 0 aromatic heterocycles. The zero-order valence-corrected chi connectivity index (χ0v) is 14.2. The van der Waals surface area contributed by atoms with Crippen LogP contribution in [0.25, 0.3) is 6.08 Å². The zero-order valence-electron chi connectivity index (χ0n) is 14.2. The molecule has 0 saturated heterocycles. The Kier molecular flexibility index (Phi) is 4.68. The number of alkyl halides is 3. The van der Waals surface area contributed by atoms with Crippen LogP contribution in [-0.4, -0.2) is 11.9 Å². The topological polar surface area (TPSA) is 38.7 Å². The number of halogens is 3. The molecule has 2 aromatic rings. The number of carbonyl (C=O) groups excluding carboxylic acids is 1. The highest BCUT2D eigenvalue weighted by Crippen LogP contribution is 2.29. The number of nitrogens with zero attached hydrogens (tertiary/aromatic N) is 1. The van der Waals surface area contributed by atoms with Gasteiger partial charge in [0.15, 0.2) is 5.70 Å². The van der Waals surface area contributed by atoms with E-state index in [4.69, 9.17) is 4.74 Å². The van der Waals surface area contributed by atoms with Crippen LogP contribution in [0.3, 0.4) is 0 Å². The number of aliphatic imine (C=N–C) groups is 1. The first-order valence-corrected chi connectivity index (χ1v) is 8.04. The summed E-state index contributed by atoms with van der Waals surface area (Å²) in [5, 5.41) is 0. The maximum Gasteiger partial charge on any atom is 0.416 e. The zero-order chi connectivity index (χ0) is 18.9. The number of ether oxygens (including phenoxy) is 1. The van der Waals surface area contributed by atoms with Gasteiger partial charge in [0.05, 0.1) is 5.56 Å². The highest BCUT2D eigenvalue weighted by molar-refractivity contribution is 6.12. The molecule has 0 spiro atoms. The van der Waals surface area contributed by atoms with Gasteiger partial charge in [-0.2, -0.15) is 13.2 Å². The Balaban J connectivity index is 1.84. The van der Waals surface area contributed by atoms with Crippen molar-refractivity contribution < 1.29 is 22.7 Å². The average Bonchev–Trinajstić information content (AvgIpc) is 2.95. The number of carbonyl (C=O) groups is 1. The SMILES string of the molecule is CC(C)c1ccc(C2=N/C(=C\c3ccc(C(F)(F)F)cc3)C(=O)O2)cc1. The van der Waals surface area contributed by atoms with Crippen molar-refractivity contribution in [3.63, 3.8) is 0 Å². The van der Waals surface area contributed by atoms with Crippen LogP contribution in [0.1, 0.15) is 42.0 Å². The minimum absolute atomic E-state index is 0.0488. The summed E-state index contributed by atoms with van der Waals surface area (Å²) in [4.78, 5) is 16.1. The van der Waals surface area contributed by atoms with Crippen LogP contribution in [0.5, 0.6) is 0 Å². The number of cyclic esters (lactones) is 1. The van der Waals surface area contributed by atoms with Gasteiger partial charge in [0.25, 0.3) is 0 Å². The Hall–Kier alpha value is -2.89. The largest absolute Gasteiger partial charge is 0.416 e. The van der Waals surface area contributed by atoms with Gasteiger partial charge < -0.3 is 4.74 Å². The quantitative estimate of drug-likeness (QED) is 0.560. The molecule has 0 N–H and O–H groups in total. The smallest absolute Gasteiger partial charge is 0.402 e. The Morgan fingerprint density at radius 3 is 2.15 bits per heavy atom.